The number of benzene rings is 1. The van der Waals surface area contributed by atoms with Gasteiger partial charge in [-0.1, -0.05) is 0 Å². The summed E-state index contributed by atoms with van der Waals surface area (Å²) in [4.78, 5) is 13.9. The molecule has 1 aliphatic heterocycles. The third-order valence-electron chi connectivity index (χ3n) is 3.79. The molecule has 0 aliphatic carbocycles. The van der Waals surface area contributed by atoms with Crippen LogP contribution in [-0.2, 0) is 4.79 Å². The van der Waals surface area contributed by atoms with E-state index in [1.807, 2.05) is 17.0 Å². The number of hydrogen-bond acceptors (Lipinski definition) is 5. The Morgan fingerprint density at radius 2 is 1.75 bits per heavy atom. The van der Waals surface area contributed by atoms with Crippen molar-refractivity contribution >= 4 is 17.3 Å². The van der Waals surface area contributed by atoms with Crippen molar-refractivity contribution in [1.82, 2.24) is 4.90 Å². The molecule has 0 aromatic heterocycles. The van der Waals surface area contributed by atoms with Crippen molar-refractivity contribution in [2.45, 2.75) is 12.3 Å². The first-order valence-corrected chi connectivity index (χ1v) is 7.55. The molecule has 1 unspecified atom stereocenters. The second-order valence-electron chi connectivity index (χ2n) is 5.54. The van der Waals surface area contributed by atoms with Crippen molar-refractivity contribution in [3.05, 3.63) is 24.3 Å². The fourth-order valence-corrected chi connectivity index (χ4v) is 2.44. The highest BCUT2D eigenvalue weighted by atomic mass is 19.4. The summed E-state index contributed by atoms with van der Waals surface area (Å²) in [6.07, 6.45) is -5.67. The van der Waals surface area contributed by atoms with E-state index in [9.17, 15) is 23.1 Å². The molecule has 0 radical (unpaired) electrons. The summed E-state index contributed by atoms with van der Waals surface area (Å²) in [7, 11) is 0. The molecule has 1 atom stereocenters. The van der Waals surface area contributed by atoms with Gasteiger partial charge in [-0.15, -0.1) is 0 Å². The van der Waals surface area contributed by atoms with E-state index >= 15 is 0 Å². The molecular weight excluding hydrogens is 327 g/mol. The Labute approximate surface area is 137 Å². The molecule has 9 heteroatoms. The summed E-state index contributed by atoms with van der Waals surface area (Å²) in [6.45, 7) is 0.609. The lowest BCUT2D eigenvalue weighted by Crippen LogP contribution is -2.52. The summed E-state index contributed by atoms with van der Waals surface area (Å²) in [5.74, 6) is -1.79. The summed E-state index contributed by atoms with van der Waals surface area (Å²) in [6, 6.07) is 7.20. The maximum atomic E-state index is 12.4. The molecule has 1 amide bonds. The van der Waals surface area contributed by atoms with Gasteiger partial charge in [0.25, 0.3) is 0 Å². The summed E-state index contributed by atoms with van der Waals surface area (Å²) < 4.78 is 37.2. The molecule has 134 valence electrons. The maximum Gasteiger partial charge on any atom is 0.471 e. The van der Waals surface area contributed by atoms with E-state index in [-0.39, 0.29) is 26.2 Å². The van der Waals surface area contributed by atoms with Crippen molar-refractivity contribution in [2.24, 2.45) is 0 Å². The number of piperazine rings is 1. The lowest BCUT2D eigenvalue weighted by Gasteiger charge is -2.36. The predicted octanol–water partition coefficient (Wildman–Crippen LogP) is 0.663. The van der Waals surface area contributed by atoms with Crippen LogP contribution >= 0.6 is 0 Å². The van der Waals surface area contributed by atoms with E-state index in [0.717, 1.165) is 16.3 Å². The normalized spacial score (nSPS) is 16.9. The number of nitrogens with one attached hydrogen (secondary N) is 1. The molecule has 24 heavy (non-hydrogen) atoms. The molecular formula is C15H20F3N3O3. The Kier molecular flexibility index (Phi) is 5.89. The van der Waals surface area contributed by atoms with E-state index in [2.05, 4.69) is 5.32 Å². The standard InChI is InChI=1S/C15H20F3N3O3/c16-15(17,18)14(24)21-7-5-20(6-8-21)12-3-1-11(2-4-12)19-9-13(23)10-22/h1-4,13,19,22-23H,5-10H2. The van der Waals surface area contributed by atoms with E-state index in [1.165, 1.54) is 0 Å². The van der Waals surface area contributed by atoms with Gasteiger partial charge in [-0.2, -0.15) is 13.2 Å². The largest absolute Gasteiger partial charge is 0.471 e. The Bertz CT molecular complexity index is 543. The number of halogens is 3. The number of anilines is 2. The Morgan fingerprint density at radius 3 is 2.25 bits per heavy atom. The molecule has 1 aliphatic rings. The average Bonchev–Trinajstić information content (AvgIpc) is 2.58. The number of amides is 1. The van der Waals surface area contributed by atoms with Crippen LogP contribution in [0.25, 0.3) is 0 Å². The smallest absolute Gasteiger partial charge is 0.394 e. The summed E-state index contributed by atoms with van der Waals surface area (Å²) in [5, 5.41) is 21.0. The number of rotatable bonds is 5. The van der Waals surface area contributed by atoms with Gasteiger partial charge in [-0.3, -0.25) is 4.79 Å². The SMILES string of the molecule is O=C(N1CCN(c2ccc(NCC(O)CO)cc2)CC1)C(F)(F)F. The highest BCUT2D eigenvalue weighted by molar-refractivity contribution is 5.82. The van der Waals surface area contributed by atoms with Gasteiger partial charge in [0.05, 0.1) is 12.7 Å². The van der Waals surface area contributed by atoms with Crippen LogP contribution in [0.15, 0.2) is 24.3 Å². The molecule has 1 fully saturated rings. The first-order chi connectivity index (χ1) is 11.3. The monoisotopic (exact) mass is 347 g/mol. The molecule has 0 saturated carbocycles. The Balaban J connectivity index is 1.87. The number of hydrogen-bond donors (Lipinski definition) is 3. The Hall–Kier alpha value is -2.00. The molecule has 3 N–H and O–H groups in total. The van der Waals surface area contributed by atoms with E-state index < -0.39 is 18.2 Å². The fraction of sp³-hybridized carbons (Fsp3) is 0.533. The van der Waals surface area contributed by atoms with E-state index in [0.29, 0.717) is 13.1 Å². The number of alkyl halides is 3. The zero-order valence-corrected chi connectivity index (χ0v) is 13.0. The molecule has 6 nitrogen and oxygen atoms in total. The predicted molar refractivity (Wildman–Crippen MR) is 82.9 cm³/mol. The topological polar surface area (TPSA) is 76.0 Å². The van der Waals surface area contributed by atoms with Gasteiger partial charge in [0.15, 0.2) is 0 Å². The van der Waals surface area contributed by atoms with Gasteiger partial charge >= 0.3 is 12.1 Å². The number of aliphatic hydroxyl groups is 2. The van der Waals surface area contributed by atoms with Crippen molar-refractivity contribution in [3.63, 3.8) is 0 Å². The van der Waals surface area contributed by atoms with E-state index in [1.54, 1.807) is 12.1 Å². The second-order valence-corrected chi connectivity index (χ2v) is 5.54. The maximum absolute atomic E-state index is 12.4. The van der Waals surface area contributed by atoms with Gasteiger partial charge in [-0.25, -0.2) is 0 Å². The molecule has 1 saturated heterocycles. The second kappa shape index (κ2) is 7.71. The molecule has 0 bridgehead atoms. The van der Waals surface area contributed by atoms with Gasteiger partial charge in [0.1, 0.15) is 0 Å². The first kappa shape index (κ1) is 18.3. The zero-order valence-electron chi connectivity index (χ0n) is 13.0. The van der Waals surface area contributed by atoms with Crippen LogP contribution < -0.4 is 10.2 Å². The van der Waals surface area contributed by atoms with Gasteiger partial charge in [-0.05, 0) is 24.3 Å². The van der Waals surface area contributed by atoms with Crippen LogP contribution in [0.2, 0.25) is 0 Å². The van der Waals surface area contributed by atoms with Crippen LogP contribution in [0.3, 0.4) is 0 Å². The first-order valence-electron chi connectivity index (χ1n) is 7.55. The van der Waals surface area contributed by atoms with Crippen molar-refractivity contribution in [2.75, 3.05) is 49.5 Å². The van der Waals surface area contributed by atoms with Crippen LogP contribution in [0.5, 0.6) is 0 Å². The van der Waals surface area contributed by atoms with Crippen LogP contribution in [0.4, 0.5) is 24.5 Å². The quantitative estimate of drug-likeness (QED) is 0.730. The van der Waals surface area contributed by atoms with Gasteiger partial charge in [0.2, 0.25) is 0 Å². The number of aliphatic hydroxyl groups excluding tert-OH is 2. The third-order valence-corrected chi connectivity index (χ3v) is 3.79. The van der Waals surface area contributed by atoms with Crippen molar-refractivity contribution < 1.29 is 28.2 Å². The highest BCUT2D eigenvalue weighted by Crippen LogP contribution is 2.22. The number of carbonyl (C=O) groups is 1. The van der Waals surface area contributed by atoms with Crippen LogP contribution in [0.1, 0.15) is 0 Å². The lowest BCUT2D eigenvalue weighted by molar-refractivity contribution is -0.185. The van der Waals surface area contributed by atoms with Crippen molar-refractivity contribution in [1.29, 1.82) is 0 Å². The minimum Gasteiger partial charge on any atom is -0.394 e. The molecule has 1 aromatic carbocycles. The average molecular weight is 347 g/mol. The minimum atomic E-state index is -4.82. The molecule has 0 spiro atoms. The Morgan fingerprint density at radius 1 is 1.17 bits per heavy atom. The summed E-state index contributed by atoms with van der Waals surface area (Å²) in [5.41, 5.74) is 1.61. The number of nitrogens with zero attached hydrogens (tertiary/aromatic N) is 2. The van der Waals surface area contributed by atoms with Gasteiger partial charge in [0, 0.05) is 44.1 Å². The molecule has 2 rings (SSSR count). The number of carbonyl (C=O) groups excluding carboxylic acids is 1. The minimum absolute atomic E-state index is 0.0288. The molecule has 1 aromatic rings. The van der Waals surface area contributed by atoms with E-state index in [4.69, 9.17) is 5.11 Å². The summed E-state index contributed by atoms with van der Waals surface area (Å²) >= 11 is 0. The third kappa shape index (κ3) is 4.75. The van der Waals surface area contributed by atoms with Crippen molar-refractivity contribution in [3.8, 4) is 0 Å². The van der Waals surface area contributed by atoms with Crippen LogP contribution in [-0.4, -0.2) is 72.6 Å². The lowest BCUT2D eigenvalue weighted by atomic mass is 10.2. The van der Waals surface area contributed by atoms with Crippen LogP contribution in [0, 0.1) is 0 Å². The van der Waals surface area contributed by atoms with Gasteiger partial charge < -0.3 is 25.3 Å². The molecule has 1 heterocycles. The fourth-order valence-electron chi connectivity index (χ4n) is 2.44. The highest BCUT2D eigenvalue weighted by Gasteiger charge is 2.43. The zero-order chi connectivity index (χ0) is 17.7.